The van der Waals surface area contributed by atoms with Gasteiger partial charge in [0, 0.05) is 0 Å². The molecule has 4 aromatic rings. The van der Waals surface area contributed by atoms with Crippen molar-refractivity contribution in [3.8, 4) is 0 Å². The van der Waals surface area contributed by atoms with Gasteiger partial charge >= 0.3 is 199 Å². The molecule has 0 radical (unpaired) electrons. The molecular weight excluding hydrogens is 510 g/mol. The molecule has 0 saturated carbocycles. The molecule has 3 heteroatoms. The Labute approximate surface area is 198 Å². The summed E-state index contributed by atoms with van der Waals surface area (Å²) >= 11 is 2.74. The summed E-state index contributed by atoms with van der Waals surface area (Å²) in [6.07, 6.45) is 0.467. The minimum atomic E-state index is -2.83. The van der Waals surface area contributed by atoms with Gasteiger partial charge in [-0.3, -0.25) is 0 Å². The number of halogens is 1. The summed E-state index contributed by atoms with van der Waals surface area (Å²) in [5, 5.41) is 2.63. The predicted octanol–water partition coefficient (Wildman–Crippen LogP) is 7.18. The van der Waals surface area contributed by atoms with Gasteiger partial charge in [0.05, 0.1) is 0 Å². The second-order valence-electron chi connectivity index (χ2n) is 8.10. The SMILES string of the molecule is CP(I)(c1ccccc1)(c1ccccc1)C(CC(=O)c1ccccc1)c1ccccc1. The van der Waals surface area contributed by atoms with Crippen LogP contribution in [0.15, 0.2) is 121 Å². The summed E-state index contributed by atoms with van der Waals surface area (Å²) in [5.74, 6) is 0.189. The molecule has 0 aliphatic rings. The van der Waals surface area contributed by atoms with Crippen molar-refractivity contribution in [2.45, 2.75) is 12.1 Å². The third kappa shape index (κ3) is 4.24. The Morgan fingerprint density at radius 2 is 1.06 bits per heavy atom. The minimum absolute atomic E-state index is 0.0605. The van der Waals surface area contributed by atoms with Crippen molar-refractivity contribution in [1.82, 2.24) is 0 Å². The van der Waals surface area contributed by atoms with Crippen LogP contribution < -0.4 is 10.6 Å². The number of hydrogen-bond acceptors (Lipinski definition) is 1. The van der Waals surface area contributed by atoms with Gasteiger partial charge in [0.15, 0.2) is 0 Å². The first-order valence-corrected chi connectivity index (χ1v) is 16.0. The molecule has 4 aromatic carbocycles. The summed E-state index contributed by atoms with van der Waals surface area (Å²) in [6.45, 7) is 2.41. The van der Waals surface area contributed by atoms with Crippen LogP contribution in [-0.2, 0) is 0 Å². The average Bonchev–Trinajstić information content (AvgIpc) is 2.84. The van der Waals surface area contributed by atoms with E-state index in [1.807, 2.05) is 36.4 Å². The summed E-state index contributed by atoms with van der Waals surface area (Å²) in [7, 11) is 0. The van der Waals surface area contributed by atoms with E-state index in [1.165, 1.54) is 16.2 Å². The van der Waals surface area contributed by atoms with Crippen molar-refractivity contribution < 1.29 is 4.79 Å². The Morgan fingerprint density at radius 3 is 1.52 bits per heavy atom. The molecule has 0 amide bonds. The first-order valence-electron chi connectivity index (χ1n) is 10.5. The van der Waals surface area contributed by atoms with Crippen LogP contribution >= 0.6 is 26.3 Å². The van der Waals surface area contributed by atoms with Crippen LogP contribution in [0, 0.1) is 0 Å². The normalized spacial score (nSPS) is 13.7. The van der Waals surface area contributed by atoms with E-state index in [4.69, 9.17) is 0 Å². The first kappa shape index (κ1) is 21.9. The average molecular weight is 536 g/mol. The molecule has 0 heterocycles. The number of carbonyl (C=O) groups is 1. The Balaban J connectivity index is 1.94. The molecule has 0 aliphatic heterocycles. The molecule has 0 fully saturated rings. The van der Waals surface area contributed by atoms with Gasteiger partial charge in [-0.1, -0.05) is 0 Å². The van der Waals surface area contributed by atoms with Crippen molar-refractivity contribution in [1.29, 1.82) is 0 Å². The summed E-state index contributed by atoms with van der Waals surface area (Å²) in [6, 6.07) is 41.8. The maximum absolute atomic E-state index is 13.5. The van der Waals surface area contributed by atoms with Crippen molar-refractivity contribution in [3.05, 3.63) is 132 Å². The molecule has 31 heavy (non-hydrogen) atoms. The molecule has 1 atom stereocenters. The molecule has 0 spiro atoms. The van der Waals surface area contributed by atoms with E-state index in [-0.39, 0.29) is 11.4 Å². The van der Waals surface area contributed by atoms with Crippen LogP contribution in [0.4, 0.5) is 0 Å². The van der Waals surface area contributed by atoms with Gasteiger partial charge in [-0.05, 0) is 0 Å². The third-order valence-electron chi connectivity index (χ3n) is 6.18. The zero-order valence-corrected chi connectivity index (χ0v) is 20.6. The van der Waals surface area contributed by atoms with Crippen molar-refractivity contribution in [3.63, 3.8) is 0 Å². The van der Waals surface area contributed by atoms with Crippen LogP contribution in [0.1, 0.15) is 28.0 Å². The standard InChI is InChI=1S/C28H26IOP/c1-31(29,25-18-10-4-11-19-25,26-20-12-5-13-21-26)28(24-16-8-3-9-17-24)22-27(30)23-14-6-2-7-15-23/h2-21,28H,22H2,1H3. The van der Waals surface area contributed by atoms with E-state index in [9.17, 15) is 4.79 Å². The Kier molecular flexibility index (Phi) is 6.41. The van der Waals surface area contributed by atoms with E-state index in [1.54, 1.807) is 0 Å². The fourth-order valence-corrected chi connectivity index (χ4v) is 12.2. The number of hydrogen-bond donors (Lipinski definition) is 0. The number of Topliss-reactive ketones (excluding diaryl/α,β-unsaturated/α-hetero) is 1. The molecule has 0 saturated heterocycles. The topological polar surface area (TPSA) is 17.1 Å². The number of rotatable bonds is 7. The molecule has 156 valence electrons. The molecule has 4 rings (SSSR count). The quantitative estimate of drug-likeness (QED) is 0.139. The van der Waals surface area contributed by atoms with Crippen LogP contribution in [0.5, 0.6) is 0 Å². The van der Waals surface area contributed by atoms with Gasteiger partial charge in [0.25, 0.3) is 0 Å². The third-order valence-corrected chi connectivity index (χ3v) is 16.6. The van der Waals surface area contributed by atoms with Crippen LogP contribution in [-0.4, -0.2) is 12.4 Å². The van der Waals surface area contributed by atoms with Gasteiger partial charge in [-0.2, -0.15) is 0 Å². The zero-order chi connectivity index (χ0) is 21.8. The van der Waals surface area contributed by atoms with E-state index >= 15 is 0 Å². The number of ketones is 1. The molecule has 1 unspecified atom stereocenters. The van der Waals surface area contributed by atoms with Crippen molar-refractivity contribution >= 4 is 42.7 Å². The summed E-state index contributed by atoms with van der Waals surface area (Å²) in [4.78, 5) is 13.5. The van der Waals surface area contributed by atoms with Crippen LogP contribution in [0.25, 0.3) is 0 Å². The second kappa shape index (κ2) is 9.06. The molecule has 0 bridgehead atoms. The van der Waals surface area contributed by atoms with Gasteiger partial charge in [-0.15, -0.1) is 0 Å². The Bertz CT molecular complexity index is 1100. The summed E-state index contributed by atoms with van der Waals surface area (Å²) < 4.78 is -2.83. The molecule has 0 aliphatic carbocycles. The first-order chi connectivity index (χ1) is 15.0. The number of benzene rings is 4. The maximum atomic E-state index is 13.5. The van der Waals surface area contributed by atoms with E-state index in [0.717, 1.165) is 5.56 Å². The van der Waals surface area contributed by atoms with Crippen molar-refractivity contribution in [2.24, 2.45) is 0 Å². The fraction of sp³-hybridized carbons (Fsp3) is 0.107. The van der Waals surface area contributed by atoms with Crippen LogP contribution in [0.3, 0.4) is 0 Å². The van der Waals surface area contributed by atoms with Gasteiger partial charge in [0.1, 0.15) is 0 Å². The molecule has 0 N–H and O–H groups in total. The van der Waals surface area contributed by atoms with E-state index in [0.29, 0.717) is 6.42 Å². The Hall–Kier alpha value is -2.29. The predicted molar refractivity (Wildman–Crippen MR) is 144 cm³/mol. The molecule has 0 aromatic heterocycles. The molecule has 1 nitrogen and oxygen atoms in total. The second-order valence-corrected chi connectivity index (χ2v) is 20.2. The van der Waals surface area contributed by atoms with E-state index in [2.05, 4.69) is 114 Å². The van der Waals surface area contributed by atoms with E-state index < -0.39 is 4.25 Å². The monoisotopic (exact) mass is 536 g/mol. The molecular formula is C28H26IOP. The van der Waals surface area contributed by atoms with Gasteiger partial charge < -0.3 is 0 Å². The zero-order valence-electron chi connectivity index (χ0n) is 17.6. The van der Waals surface area contributed by atoms with Crippen molar-refractivity contribution in [2.75, 3.05) is 6.66 Å². The number of carbonyl (C=O) groups excluding carboxylic acids is 1. The van der Waals surface area contributed by atoms with Gasteiger partial charge in [0.2, 0.25) is 0 Å². The fourth-order valence-electron chi connectivity index (χ4n) is 4.38. The summed E-state index contributed by atoms with van der Waals surface area (Å²) in [5.41, 5.74) is 2.05. The van der Waals surface area contributed by atoms with Gasteiger partial charge in [-0.25, -0.2) is 0 Å². The van der Waals surface area contributed by atoms with Crippen LogP contribution in [0.2, 0.25) is 0 Å². The Morgan fingerprint density at radius 1 is 0.677 bits per heavy atom.